The van der Waals surface area contributed by atoms with Gasteiger partial charge in [-0.2, -0.15) is 0 Å². The first-order chi connectivity index (χ1) is 7.56. The third-order valence-electron chi connectivity index (χ3n) is 2.77. The summed E-state index contributed by atoms with van der Waals surface area (Å²) in [6.45, 7) is 2.00. The fraction of sp³-hybridized carbons (Fsp3) is 0.455. The lowest BCUT2D eigenvalue weighted by atomic mass is 10.2. The van der Waals surface area contributed by atoms with E-state index in [1.54, 1.807) is 0 Å². The molecule has 0 spiro atoms. The van der Waals surface area contributed by atoms with Gasteiger partial charge in [-0.05, 0) is 24.5 Å². The summed E-state index contributed by atoms with van der Waals surface area (Å²) in [5.41, 5.74) is 1.80. The van der Waals surface area contributed by atoms with Crippen LogP contribution in [0.3, 0.4) is 0 Å². The van der Waals surface area contributed by atoms with Crippen molar-refractivity contribution < 1.29 is 8.42 Å². The van der Waals surface area contributed by atoms with Crippen LogP contribution in [0.1, 0.15) is 18.4 Å². The van der Waals surface area contributed by atoms with Crippen LogP contribution in [0.2, 0.25) is 0 Å². The van der Waals surface area contributed by atoms with Crippen molar-refractivity contribution >= 4 is 25.4 Å². The van der Waals surface area contributed by atoms with Crippen molar-refractivity contribution in [1.82, 2.24) is 0 Å². The van der Waals surface area contributed by atoms with E-state index in [9.17, 15) is 8.42 Å². The number of halogens is 1. The highest BCUT2D eigenvalue weighted by molar-refractivity contribution is 8.13. The van der Waals surface area contributed by atoms with Gasteiger partial charge in [0.15, 0.2) is 0 Å². The molecule has 1 saturated heterocycles. The fourth-order valence-corrected chi connectivity index (χ4v) is 3.05. The summed E-state index contributed by atoms with van der Waals surface area (Å²) in [6, 6.07) is 7.56. The lowest BCUT2D eigenvalue weighted by molar-refractivity contribution is 0.609. The maximum Gasteiger partial charge on any atom is 0.236 e. The summed E-state index contributed by atoms with van der Waals surface area (Å²) < 4.78 is 22.2. The minimum absolute atomic E-state index is 0.0960. The number of anilines is 1. The number of rotatable bonds is 3. The fourth-order valence-electron chi connectivity index (χ4n) is 2.09. The van der Waals surface area contributed by atoms with Crippen LogP contribution in [0, 0.1) is 0 Å². The molecule has 0 bridgehead atoms. The molecule has 1 aromatic rings. The summed E-state index contributed by atoms with van der Waals surface area (Å²) in [5, 5.41) is 0. The average Bonchev–Trinajstić information content (AvgIpc) is 2.69. The van der Waals surface area contributed by atoms with E-state index in [4.69, 9.17) is 10.7 Å². The molecular formula is C11H14ClNO2S. The Morgan fingerprint density at radius 3 is 2.44 bits per heavy atom. The van der Waals surface area contributed by atoms with E-state index in [0.717, 1.165) is 24.3 Å². The maximum absolute atomic E-state index is 11.1. The molecule has 1 fully saturated rings. The van der Waals surface area contributed by atoms with E-state index in [-0.39, 0.29) is 5.75 Å². The molecule has 2 rings (SSSR count). The van der Waals surface area contributed by atoms with Gasteiger partial charge in [0.1, 0.15) is 0 Å². The SMILES string of the molecule is O=S(=O)(Cl)Cc1ccccc1N1CCCC1. The molecular weight excluding hydrogens is 246 g/mol. The minimum Gasteiger partial charge on any atom is -0.371 e. The quantitative estimate of drug-likeness (QED) is 0.782. The molecule has 0 atom stereocenters. The topological polar surface area (TPSA) is 37.4 Å². The smallest absolute Gasteiger partial charge is 0.236 e. The van der Waals surface area contributed by atoms with Crippen LogP contribution in [0.5, 0.6) is 0 Å². The summed E-state index contributed by atoms with van der Waals surface area (Å²) >= 11 is 0. The molecule has 0 radical (unpaired) electrons. The molecule has 1 heterocycles. The monoisotopic (exact) mass is 259 g/mol. The van der Waals surface area contributed by atoms with Gasteiger partial charge in [-0.3, -0.25) is 0 Å². The van der Waals surface area contributed by atoms with E-state index in [0.29, 0.717) is 0 Å². The maximum atomic E-state index is 11.1. The standard InChI is InChI=1S/C11H14ClNO2S/c12-16(14,15)9-10-5-1-2-6-11(10)13-7-3-4-8-13/h1-2,5-6H,3-4,7-9H2. The highest BCUT2D eigenvalue weighted by atomic mass is 35.7. The van der Waals surface area contributed by atoms with Gasteiger partial charge in [0, 0.05) is 29.5 Å². The van der Waals surface area contributed by atoms with Gasteiger partial charge in [0.05, 0.1) is 5.75 Å². The van der Waals surface area contributed by atoms with Crippen LogP contribution in [-0.4, -0.2) is 21.5 Å². The second-order valence-corrected chi connectivity index (χ2v) is 6.78. The van der Waals surface area contributed by atoms with Gasteiger partial charge in [0.2, 0.25) is 9.05 Å². The van der Waals surface area contributed by atoms with Crippen molar-refractivity contribution in [3.63, 3.8) is 0 Å². The molecule has 0 N–H and O–H groups in total. The molecule has 16 heavy (non-hydrogen) atoms. The Bertz CT molecular complexity index is 467. The second-order valence-electron chi connectivity index (χ2n) is 4.01. The first-order valence-electron chi connectivity index (χ1n) is 5.31. The van der Waals surface area contributed by atoms with Crippen LogP contribution in [0.15, 0.2) is 24.3 Å². The normalized spacial score (nSPS) is 16.7. The van der Waals surface area contributed by atoms with E-state index < -0.39 is 9.05 Å². The first-order valence-corrected chi connectivity index (χ1v) is 7.79. The van der Waals surface area contributed by atoms with Crippen molar-refractivity contribution in [3.05, 3.63) is 29.8 Å². The number of hydrogen-bond acceptors (Lipinski definition) is 3. The molecule has 0 saturated carbocycles. The third-order valence-corrected chi connectivity index (χ3v) is 3.75. The Balaban J connectivity index is 2.30. The van der Waals surface area contributed by atoms with Gasteiger partial charge >= 0.3 is 0 Å². The van der Waals surface area contributed by atoms with Crippen LogP contribution in [-0.2, 0) is 14.8 Å². The van der Waals surface area contributed by atoms with Crippen molar-refractivity contribution in [2.24, 2.45) is 0 Å². The molecule has 0 aromatic heterocycles. The van der Waals surface area contributed by atoms with Gasteiger partial charge < -0.3 is 4.90 Å². The number of benzene rings is 1. The lowest BCUT2D eigenvalue weighted by Crippen LogP contribution is -2.19. The third kappa shape index (κ3) is 2.89. The molecule has 0 unspecified atom stereocenters. The Kier molecular flexibility index (Phi) is 3.40. The predicted octanol–water partition coefficient (Wildman–Crippen LogP) is 2.36. The van der Waals surface area contributed by atoms with Crippen molar-refractivity contribution in [2.45, 2.75) is 18.6 Å². The van der Waals surface area contributed by atoms with E-state index in [1.165, 1.54) is 12.8 Å². The lowest BCUT2D eigenvalue weighted by Gasteiger charge is -2.20. The van der Waals surface area contributed by atoms with Crippen LogP contribution in [0.4, 0.5) is 5.69 Å². The number of hydrogen-bond donors (Lipinski definition) is 0. The summed E-state index contributed by atoms with van der Waals surface area (Å²) in [4.78, 5) is 2.22. The highest BCUT2D eigenvalue weighted by Gasteiger charge is 2.17. The van der Waals surface area contributed by atoms with E-state index >= 15 is 0 Å². The Labute approximate surface area is 100 Å². The second kappa shape index (κ2) is 4.63. The minimum atomic E-state index is -3.48. The zero-order valence-electron chi connectivity index (χ0n) is 8.89. The van der Waals surface area contributed by atoms with Gasteiger partial charge in [-0.25, -0.2) is 8.42 Å². The van der Waals surface area contributed by atoms with Crippen LogP contribution in [0.25, 0.3) is 0 Å². The largest absolute Gasteiger partial charge is 0.371 e. The molecule has 0 aliphatic carbocycles. The highest BCUT2D eigenvalue weighted by Crippen LogP contribution is 2.26. The van der Waals surface area contributed by atoms with Crippen molar-refractivity contribution in [1.29, 1.82) is 0 Å². The van der Waals surface area contributed by atoms with E-state index in [2.05, 4.69) is 4.90 Å². The van der Waals surface area contributed by atoms with Gasteiger partial charge in [0.25, 0.3) is 0 Å². The average molecular weight is 260 g/mol. The van der Waals surface area contributed by atoms with Crippen LogP contribution >= 0.6 is 10.7 Å². The Morgan fingerprint density at radius 1 is 1.19 bits per heavy atom. The first kappa shape index (κ1) is 11.7. The zero-order valence-corrected chi connectivity index (χ0v) is 10.5. The summed E-state index contributed by atoms with van der Waals surface area (Å²) in [6.07, 6.45) is 2.34. The van der Waals surface area contributed by atoms with Gasteiger partial charge in [-0.15, -0.1) is 0 Å². The Hall–Kier alpha value is -0.740. The molecule has 1 aromatic carbocycles. The molecule has 1 aliphatic heterocycles. The van der Waals surface area contributed by atoms with E-state index in [1.807, 2.05) is 24.3 Å². The predicted molar refractivity (Wildman–Crippen MR) is 66.4 cm³/mol. The van der Waals surface area contributed by atoms with Crippen molar-refractivity contribution in [3.8, 4) is 0 Å². The van der Waals surface area contributed by atoms with Gasteiger partial charge in [-0.1, -0.05) is 18.2 Å². The molecule has 3 nitrogen and oxygen atoms in total. The number of para-hydroxylation sites is 1. The molecule has 88 valence electrons. The molecule has 0 amide bonds. The number of nitrogens with zero attached hydrogens (tertiary/aromatic N) is 1. The van der Waals surface area contributed by atoms with Crippen molar-refractivity contribution in [2.75, 3.05) is 18.0 Å². The summed E-state index contributed by atoms with van der Waals surface area (Å²) in [7, 11) is 1.82. The molecule has 1 aliphatic rings. The van der Waals surface area contributed by atoms with Crippen LogP contribution < -0.4 is 4.90 Å². The Morgan fingerprint density at radius 2 is 1.81 bits per heavy atom. The molecule has 5 heteroatoms. The summed E-state index contributed by atoms with van der Waals surface area (Å²) in [5.74, 6) is -0.0960. The zero-order chi connectivity index (χ0) is 11.6.